The molecule has 0 atom stereocenters. The number of nitrogen functional groups attached to an aromatic ring is 1. The van der Waals surface area contributed by atoms with Gasteiger partial charge in [-0.15, -0.1) is 0 Å². The summed E-state index contributed by atoms with van der Waals surface area (Å²) in [5.74, 6) is 0.101. The molecule has 1 aromatic rings. The van der Waals surface area contributed by atoms with E-state index in [-0.39, 0.29) is 5.91 Å². The number of carbonyl (C=O) groups excluding carboxylic acids is 1. The summed E-state index contributed by atoms with van der Waals surface area (Å²) in [7, 11) is 1.74. The number of benzene rings is 1. The molecule has 1 aliphatic heterocycles. The highest BCUT2D eigenvalue weighted by molar-refractivity contribution is 6.34. The smallest absolute Gasteiger partial charge is 0.227 e. The first-order valence-electron chi connectivity index (χ1n) is 4.44. The van der Waals surface area contributed by atoms with E-state index in [2.05, 4.69) is 0 Å². The topological polar surface area (TPSA) is 46.3 Å². The number of fused-ring (bicyclic) bond motifs is 1. The van der Waals surface area contributed by atoms with Crippen LogP contribution in [0.25, 0.3) is 0 Å². The Morgan fingerprint density at radius 2 is 2.14 bits per heavy atom. The summed E-state index contributed by atoms with van der Waals surface area (Å²) in [5.41, 5.74) is 8.18. The van der Waals surface area contributed by atoms with Crippen LogP contribution >= 0.6 is 11.6 Å². The van der Waals surface area contributed by atoms with Crippen molar-refractivity contribution in [1.82, 2.24) is 0 Å². The lowest BCUT2D eigenvalue weighted by Gasteiger charge is -2.26. The second kappa shape index (κ2) is 3.17. The zero-order valence-corrected chi connectivity index (χ0v) is 8.64. The fourth-order valence-electron chi connectivity index (χ4n) is 1.78. The molecule has 1 amide bonds. The number of halogens is 1. The number of carbonyl (C=O) groups is 1. The maximum Gasteiger partial charge on any atom is 0.227 e. The normalized spacial score (nSPS) is 15.6. The van der Waals surface area contributed by atoms with E-state index >= 15 is 0 Å². The van der Waals surface area contributed by atoms with Gasteiger partial charge in [-0.05, 0) is 24.1 Å². The highest BCUT2D eigenvalue weighted by Crippen LogP contribution is 2.35. The Morgan fingerprint density at radius 3 is 2.86 bits per heavy atom. The van der Waals surface area contributed by atoms with Gasteiger partial charge in [-0.1, -0.05) is 11.6 Å². The van der Waals surface area contributed by atoms with E-state index in [4.69, 9.17) is 17.3 Å². The lowest BCUT2D eigenvalue weighted by Crippen LogP contribution is -2.31. The molecule has 0 saturated heterocycles. The molecule has 0 aromatic heterocycles. The summed E-state index contributed by atoms with van der Waals surface area (Å²) in [5, 5.41) is 0.551. The van der Waals surface area contributed by atoms with Crippen LogP contribution in [0.4, 0.5) is 11.4 Å². The molecule has 2 N–H and O–H groups in total. The van der Waals surface area contributed by atoms with Crippen molar-refractivity contribution in [1.29, 1.82) is 0 Å². The third-order valence-corrected chi connectivity index (χ3v) is 2.77. The van der Waals surface area contributed by atoms with Crippen LogP contribution in [0.3, 0.4) is 0 Å². The molecule has 0 bridgehead atoms. The molecular formula is C10H11ClN2O. The molecule has 4 heteroatoms. The molecule has 1 aromatic carbocycles. The van der Waals surface area contributed by atoms with Gasteiger partial charge in [-0.25, -0.2) is 0 Å². The molecule has 2 rings (SSSR count). The zero-order chi connectivity index (χ0) is 10.3. The molecule has 3 nitrogen and oxygen atoms in total. The monoisotopic (exact) mass is 210 g/mol. The van der Waals surface area contributed by atoms with Crippen LogP contribution in [0, 0.1) is 0 Å². The first-order chi connectivity index (χ1) is 6.59. The molecule has 74 valence electrons. The van der Waals surface area contributed by atoms with Crippen LogP contribution < -0.4 is 10.6 Å². The standard InChI is InChI=1S/C10H11ClN2O/c1-13-9(14)3-2-6-4-7(12)5-8(11)10(6)13/h4-5H,2-3,12H2,1H3. The molecule has 0 fully saturated rings. The molecule has 1 aliphatic rings. The second-order valence-corrected chi connectivity index (χ2v) is 3.87. The third kappa shape index (κ3) is 1.34. The van der Waals surface area contributed by atoms with Crippen molar-refractivity contribution in [3.63, 3.8) is 0 Å². The Morgan fingerprint density at radius 1 is 1.43 bits per heavy atom. The summed E-state index contributed by atoms with van der Waals surface area (Å²) < 4.78 is 0. The minimum atomic E-state index is 0.101. The molecular weight excluding hydrogens is 200 g/mol. The number of nitrogens with zero attached hydrogens (tertiary/aromatic N) is 1. The Kier molecular flexibility index (Phi) is 2.11. The number of anilines is 2. The van der Waals surface area contributed by atoms with Gasteiger partial charge in [0.05, 0.1) is 10.7 Å². The molecule has 14 heavy (non-hydrogen) atoms. The largest absolute Gasteiger partial charge is 0.399 e. The Bertz CT molecular complexity index is 403. The Labute approximate surface area is 87.4 Å². The van der Waals surface area contributed by atoms with Crippen LogP contribution in [-0.2, 0) is 11.2 Å². The number of rotatable bonds is 0. The quantitative estimate of drug-likeness (QED) is 0.665. The van der Waals surface area contributed by atoms with E-state index in [9.17, 15) is 4.79 Å². The third-order valence-electron chi connectivity index (χ3n) is 2.48. The van der Waals surface area contributed by atoms with E-state index in [0.717, 1.165) is 17.7 Å². The van der Waals surface area contributed by atoms with Crippen LogP contribution in [0.5, 0.6) is 0 Å². The van der Waals surface area contributed by atoms with Gasteiger partial charge in [0, 0.05) is 19.2 Å². The van der Waals surface area contributed by atoms with E-state index in [0.29, 0.717) is 17.1 Å². The van der Waals surface area contributed by atoms with E-state index in [1.807, 2.05) is 6.07 Å². The van der Waals surface area contributed by atoms with Gasteiger partial charge >= 0.3 is 0 Å². The van der Waals surface area contributed by atoms with Crippen LogP contribution in [-0.4, -0.2) is 13.0 Å². The molecule has 1 heterocycles. The second-order valence-electron chi connectivity index (χ2n) is 3.46. The maximum atomic E-state index is 11.4. The average Bonchev–Trinajstić information content (AvgIpc) is 2.10. The van der Waals surface area contributed by atoms with Gasteiger partial charge in [0.15, 0.2) is 0 Å². The number of hydrogen-bond donors (Lipinski definition) is 1. The van der Waals surface area contributed by atoms with E-state index in [1.54, 1.807) is 18.0 Å². The van der Waals surface area contributed by atoms with Crippen molar-refractivity contribution >= 4 is 28.9 Å². The van der Waals surface area contributed by atoms with Crippen LogP contribution in [0.2, 0.25) is 5.02 Å². The van der Waals surface area contributed by atoms with Crippen molar-refractivity contribution in [3.8, 4) is 0 Å². The van der Waals surface area contributed by atoms with Gasteiger partial charge in [-0.3, -0.25) is 4.79 Å². The first kappa shape index (κ1) is 9.34. The molecule has 0 saturated carbocycles. The minimum absolute atomic E-state index is 0.101. The Balaban J connectivity index is 2.60. The number of nitrogens with two attached hydrogens (primary N) is 1. The van der Waals surface area contributed by atoms with Crippen molar-refractivity contribution in [2.24, 2.45) is 0 Å². The lowest BCUT2D eigenvalue weighted by molar-refractivity contribution is -0.118. The molecule has 0 radical (unpaired) electrons. The van der Waals surface area contributed by atoms with Gasteiger partial charge in [0.25, 0.3) is 0 Å². The van der Waals surface area contributed by atoms with E-state index in [1.165, 1.54) is 0 Å². The van der Waals surface area contributed by atoms with Gasteiger partial charge in [0.1, 0.15) is 0 Å². The highest BCUT2D eigenvalue weighted by Gasteiger charge is 2.23. The molecule has 0 spiro atoms. The summed E-state index contributed by atoms with van der Waals surface area (Å²) >= 11 is 6.03. The van der Waals surface area contributed by atoms with Crippen LogP contribution in [0.1, 0.15) is 12.0 Å². The average molecular weight is 211 g/mol. The van der Waals surface area contributed by atoms with Crippen LogP contribution in [0.15, 0.2) is 12.1 Å². The van der Waals surface area contributed by atoms with Gasteiger partial charge in [0.2, 0.25) is 5.91 Å². The SMILES string of the molecule is CN1C(=O)CCc2cc(N)cc(Cl)c21. The van der Waals surface area contributed by atoms with E-state index < -0.39 is 0 Å². The predicted octanol–water partition coefficient (Wildman–Crippen LogP) is 1.83. The summed E-state index contributed by atoms with van der Waals surface area (Å²) in [6, 6.07) is 3.56. The summed E-state index contributed by atoms with van der Waals surface area (Å²) in [6.45, 7) is 0. The lowest BCUT2D eigenvalue weighted by atomic mass is 10.0. The van der Waals surface area contributed by atoms with Crippen molar-refractivity contribution < 1.29 is 4.79 Å². The van der Waals surface area contributed by atoms with Crippen molar-refractivity contribution in [2.45, 2.75) is 12.8 Å². The fourth-order valence-corrected chi connectivity index (χ4v) is 2.15. The maximum absolute atomic E-state index is 11.4. The highest BCUT2D eigenvalue weighted by atomic mass is 35.5. The van der Waals surface area contributed by atoms with Gasteiger partial charge in [-0.2, -0.15) is 0 Å². The number of aryl methyl sites for hydroxylation is 1. The number of amides is 1. The molecule has 0 aliphatic carbocycles. The first-order valence-corrected chi connectivity index (χ1v) is 4.82. The molecule has 0 unspecified atom stereocenters. The summed E-state index contributed by atoms with van der Waals surface area (Å²) in [6.07, 6.45) is 1.26. The Hall–Kier alpha value is -1.22. The summed E-state index contributed by atoms with van der Waals surface area (Å²) in [4.78, 5) is 13.0. The zero-order valence-electron chi connectivity index (χ0n) is 7.88. The minimum Gasteiger partial charge on any atom is -0.399 e. The number of hydrogen-bond acceptors (Lipinski definition) is 2. The van der Waals surface area contributed by atoms with Crippen molar-refractivity contribution in [2.75, 3.05) is 17.7 Å². The fraction of sp³-hybridized carbons (Fsp3) is 0.300. The van der Waals surface area contributed by atoms with Crippen molar-refractivity contribution in [3.05, 3.63) is 22.7 Å². The van der Waals surface area contributed by atoms with Gasteiger partial charge < -0.3 is 10.6 Å². The predicted molar refractivity (Wildman–Crippen MR) is 57.6 cm³/mol.